The molecule has 0 aromatic heterocycles. The van der Waals surface area contributed by atoms with Crippen molar-refractivity contribution in [2.45, 2.75) is 95.8 Å². The molecular weight excluding hydrogens is 684 g/mol. The van der Waals surface area contributed by atoms with Gasteiger partial charge in [0.05, 0.1) is 11.7 Å². The molecule has 2 aromatic rings. The minimum absolute atomic E-state index is 0.0375. The van der Waals surface area contributed by atoms with E-state index in [1.54, 1.807) is 0 Å². The Kier molecular flexibility index (Phi) is 12.4. The van der Waals surface area contributed by atoms with Gasteiger partial charge in [-0.1, -0.05) is 6.07 Å². The summed E-state index contributed by atoms with van der Waals surface area (Å²) in [4.78, 5) is 47.4. The molecule has 2 aromatic carbocycles. The number of hydrogen-bond acceptors (Lipinski definition) is 18. The van der Waals surface area contributed by atoms with Crippen molar-refractivity contribution in [1.82, 2.24) is 0 Å². The standard InChI is InChI=1S/C33H38O18/c1-12(34)25(39)26(40)28(42)32-29(43)27(41)30(44)33(51-32)50-24-11-19-21(47-15(4)37)9-18(45-13(2)35)10-22(19)49-31(24)17-6-7-20(46-14(3)36)23(8-17)48-16(5)38/h6-12,25-34,39-44H,1-5H3/t12-,25-,26+,27+,28-,29+,30-,31?,32-,33?/m1/s1. The van der Waals surface area contributed by atoms with E-state index in [2.05, 4.69) is 0 Å². The van der Waals surface area contributed by atoms with Crippen molar-refractivity contribution in [3.05, 3.63) is 47.2 Å². The highest BCUT2D eigenvalue weighted by atomic mass is 16.7. The third-order valence-electron chi connectivity index (χ3n) is 7.55. The molecule has 2 heterocycles. The van der Waals surface area contributed by atoms with E-state index in [1.807, 2.05) is 0 Å². The van der Waals surface area contributed by atoms with Crippen molar-refractivity contribution in [2.75, 3.05) is 0 Å². The first kappa shape index (κ1) is 39.1. The molecule has 0 amide bonds. The van der Waals surface area contributed by atoms with Gasteiger partial charge in [0.1, 0.15) is 65.7 Å². The highest BCUT2D eigenvalue weighted by Gasteiger charge is 2.51. The zero-order chi connectivity index (χ0) is 37.9. The predicted molar refractivity (Wildman–Crippen MR) is 167 cm³/mol. The average Bonchev–Trinajstić information content (AvgIpc) is 3.03. The predicted octanol–water partition coefficient (Wildman–Crippen LogP) is -0.850. The molecule has 18 heteroatoms. The van der Waals surface area contributed by atoms with Crippen LogP contribution in [-0.2, 0) is 28.7 Å². The third kappa shape index (κ3) is 9.18. The lowest BCUT2D eigenvalue weighted by atomic mass is 9.90. The summed E-state index contributed by atoms with van der Waals surface area (Å²) in [5, 5.41) is 73.2. The average molecular weight is 723 g/mol. The Labute approximate surface area is 289 Å². The summed E-state index contributed by atoms with van der Waals surface area (Å²) in [5.74, 6) is -3.92. The second-order valence-electron chi connectivity index (χ2n) is 11.7. The Balaban J connectivity index is 1.84. The first-order chi connectivity index (χ1) is 23.9. The van der Waals surface area contributed by atoms with E-state index in [4.69, 9.17) is 33.2 Å². The summed E-state index contributed by atoms with van der Waals surface area (Å²) < 4.78 is 38.7. The SMILES string of the molecule is CC(=O)Oc1cc(OC(C)=O)c2c(c1)OC(c1ccc(OC(C)=O)c(OC(C)=O)c1)C(OC1O[C@H]([C@H](O)[C@@H](O)[C@H](O)[C@@H](C)O)[C@@H](O)[C@H](O)[C@H]1O)=C2. The lowest BCUT2D eigenvalue weighted by Crippen LogP contribution is -2.64. The van der Waals surface area contributed by atoms with Gasteiger partial charge in [-0.25, -0.2) is 0 Å². The summed E-state index contributed by atoms with van der Waals surface area (Å²) in [6, 6.07) is 6.42. The van der Waals surface area contributed by atoms with E-state index in [1.165, 1.54) is 36.4 Å². The fourth-order valence-electron chi connectivity index (χ4n) is 5.24. The number of esters is 4. The molecule has 2 aliphatic rings. The van der Waals surface area contributed by atoms with Crippen molar-refractivity contribution in [1.29, 1.82) is 0 Å². The number of rotatable bonds is 11. The van der Waals surface area contributed by atoms with Gasteiger partial charge in [0.25, 0.3) is 0 Å². The minimum atomic E-state index is -2.14. The zero-order valence-electron chi connectivity index (χ0n) is 27.9. The van der Waals surface area contributed by atoms with Gasteiger partial charge in [-0.15, -0.1) is 0 Å². The van der Waals surface area contributed by atoms with Crippen LogP contribution < -0.4 is 23.7 Å². The molecule has 2 aliphatic heterocycles. The zero-order valence-corrected chi connectivity index (χ0v) is 27.9. The van der Waals surface area contributed by atoms with Gasteiger partial charge in [0, 0.05) is 45.4 Å². The first-order valence-electron chi connectivity index (χ1n) is 15.4. The lowest BCUT2D eigenvalue weighted by Gasteiger charge is -2.44. The van der Waals surface area contributed by atoms with Crippen molar-refractivity contribution in [3.8, 4) is 28.7 Å². The fourth-order valence-corrected chi connectivity index (χ4v) is 5.24. The molecule has 7 N–H and O–H groups in total. The number of carbonyl (C=O) groups excluding carboxylic acids is 4. The molecule has 0 bridgehead atoms. The number of ether oxygens (including phenoxy) is 7. The summed E-state index contributed by atoms with van der Waals surface area (Å²) >= 11 is 0. The number of aliphatic hydroxyl groups excluding tert-OH is 7. The molecule has 51 heavy (non-hydrogen) atoms. The molecule has 4 rings (SSSR count). The van der Waals surface area contributed by atoms with Crippen LogP contribution in [-0.4, -0.2) is 115 Å². The van der Waals surface area contributed by atoms with Crippen molar-refractivity contribution in [3.63, 3.8) is 0 Å². The maximum atomic E-state index is 12.0. The van der Waals surface area contributed by atoms with Crippen LogP contribution in [0.5, 0.6) is 28.7 Å². The molecule has 1 fully saturated rings. The van der Waals surface area contributed by atoms with Gasteiger partial charge >= 0.3 is 23.9 Å². The van der Waals surface area contributed by atoms with Crippen molar-refractivity contribution >= 4 is 30.0 Å². The number of aliphatic hydroxyl groups is 7. The Hall–Kier alpha value is -4.66. The van der Waals surface area contributed by atoms with E-state index >= 15 is 0 Å². The molecule has 0 radical (unpaired) electrons. The molecule has 10 atom stereocenters. The molecular formula is C33H38O18. The van der Waals surface area contributed by atoms with Crippen molar-refractivity contribution < 1.29 is 88.1 Å². The number of fused-ring (bicyclic) bond motifs is 1. The maximum absolute atomic E-state index is 12.0. The topological polar surface area (TPSA) is 274 Å². The third-order valence-corrected chi connectivity index (χ3v) is 7.55. The smallest absolute Gasteiger partial charge is 0.308 e. The van der Waals surface area contributed by atoms with E-state index in [9.17, 15) is 54.9 Å². The van der Waals surface area contributed by atoms with Crippen LogP contribution in [0.3, 0.4) is 0 Å². The van der Waals surface area contributed by atoms with Crippen LogP contribution in [0.25, 0.3) is 6.08 Å². The number of benzene rings is 2. The molecule has 0 spiro atoms. The van der Waals surface area contributed by atoms with Gasteiger partial charge < -0.3 is 68.9 Å². The monoisotopic (exact) mass is 722 g/mol. The molecule has 278 valence electrons. The van der Waals surface area contributed by atoms with E-state index in [0.717, 1.165) is 34.6 Å². The molecule has 18 nitrogen and oxygen atoms in total. The highest BCUT2D eigenvalue weighted by molar-refractivity contribution is 5.78. The fraction of sp³-hybridized carbons (Fsp3) is 0.455. The Morgan fingerprint density at radius 1 is 0.706 bits per heavy atom. The lowest BCUT2D eigenvalue weighted by molar-refractivity contribution is -0.311. The van der Waals surface area contributed by atoms with E-state index in [0.29, 0.717) is 0 Å². The normalized spacial score (nSPS) is 25.1. The van der Waals surface area contributed by atoms with E-state index < -0.39 is 85.1 Å². The minimum Gasteiger partial charge on any atom is -0.477 e. The van der Waals surface area contributed by atoms with Gasteiger partial charge in [-0.05, 0) is 25.1 Å². The molecule has 0 aliphatic carbocycles. The van der Waals surface area contributed by atoms with Gasteiger partial charge in [-0.3, -0.25) is 19.2 Å². The van der Waals surface area contributed by atoms with Gasteiger partial charge in [-0.2, -0.15) is 0 Å². The Bertz CT molecular complexity index is 1670. The largest absolute Gasteiger partial charge is 0.477 e. The van der Waals surface area contributed by atoms with Crippen LogP contribution >= 0.6 is 0 Å². The van der Waals surface area contributed by atoms with Crippen LogP contribution in [0.15, 0.2) is 36.1 Å². The van der Waals surface area contributed by atoms with Crippen LogP contribution in [0, 0.1) is 0 Å². The Morgan fingerprint density at radius 3 is 1.88 bits per heavy atom. The Morgan fingerprint density at radius 2 is 1.29 bits per heavy atom. The maximum Gasteiger partial charge on any atom is 0.308 e. The van der Waals surface area contributed by atoms with Crippen LogP contribution in [0.1, 0.15) is 51.8 Å². The molecule has 2 unspecified atom stereocenters. The van der Waals surface area contributed by atoms with Gasteiger partial charge in [0.2, 0.25) is 6.29 Å². The summed E-state index contributed by atoms with van der Waals surface area (Å²) in [5.41, 5.74) is 0.186. The van der Waals surface area contributed by atoms with E-state index in [-0.39, 0.29) is 45.6 Å². The first-order valence-corrected chi connectivity index (χ1v) is 15.4. The second kappa shape index (κ2) is 16.1. The van der Waals surface area contributed by atoms with Crippen LogP contribution in [0.4, 0.5) is 0 Å². The molecule has 1 saturated heterocycles. The van der Waals surface area contributed by atoms with Gasteiger partial charge in [0.15, 0.2) is 17.6 Å². The summed E-state index contributed by atoms with van der Waals surface area (Å²) in [7, 11) is 0. The molecule has 0 saturated carbocycles. The number of hydrogen-bond donors (Lipinski definition) is 7. The second-order valence-corrected chi connectivity index (χ2v) is 11.7. The van der Waals surface area contributed by atoms with Crippen LogP contribution in [0.2, 0.25) is 0 Å². The highest BCUT2D eigenvalue weighted by Crippen LogP contribution is 2.46. The number of carbonyl (C=O) groups is 4. The summed E-state index contributed by atoms with van der Waals surface area (Å²) in [6.45, 7) is 5.59. The summed E-state index contributed by atoms with van der Waals surface area (Å²) in [6.07, 6.45) is -17.8. The van der Waals surface area contributed by atoms with Crippen molar-refractivity contribution in [2.24, 2.45) is 0 Å². The quantitative estimate of drug-likeness (QED) is 0.110.